The highest BCUT2D eigenvalue weighted by Crippen LogP contribution is 2.35. The van der Waals surface area contributed by atoms with Gasteiger partial charge in [-0.15, -0.1) is 0 Å². The van der Waals surface area contributed by atoms with Gasteiger partial charge >= 0.3 is 0 Å². The zero-order chi connectivity index (χ0) is 18.6. The van der Waals surface area contributed by atoms with Crippen LogP contribution in [0.4, 0.5) is 0 Å². The summed E-state index contributed by atoms with van der Waals surface area (Å²) in [5.74, 6) is 0.642. The van der Waals surface area contributed by atoms with Gasteiger partial charge in [-0.05, 0) is 69.0 Å². The molecule has 0 radical (unpaired) electrons. The highest BCUT2D eigenvalue weighted by molar-refractivity contribution is 7.88. The van der Waals surface area contributed by atoms with E-state index < -0.39 is 10.0 Å². The lowest BCUT2D eigenvalue weighted by Crippen LogP contribution is -2.55. The Kier molecular flexibility index (Phi) is 6.72. The van der Waals surface area contributed by atoms with E-state index in [0.29, 0.717) is 12.5 Å². The van der Waals surface area contributed by atoms with Crippen molar-refractivity contribution in [2.45, 2.75) is 69.6 Å². The van der Waals surface area contributed by atoms with Crippen LogP contribution in [0.2, 0.25) is 0 Å². The molecule has 2 fully saturated rings. The van der Waals surface area contributed by atoms with Crippen LogP contribution in [0, 0.1) is 6.92 Å². The summed E-state index contributed by atoms with van der Waals surface area (Å²) in [6.45, 7) is 3.70. The smallest absolute Gasteiger partial charge is 0.209 e. The summed E-state index contributed by atoms with van der Waals surface area (Å²) >= 11 is 0. The van der Waals surface area contributed by atoms with Crippen molar-refractivity contribution in [3.8, 4) is 0 Å². The van der Waals surface area contributed by atoms with Crippen LogP contribution in [-0.4, -0.2) is 46.0 Å². The van der Waals surface area contributed by atoms with Crippen molar-refractivity contribution < 1.29 is 13.2 Å². The number of rotatable bonds is 6. The fraction of sp³-hybridized carbons (Fsp3) is 0.700. The minimum atomic E-state index is -3.19. The normalized spacial score (nSPS) is 30.2. The first-order valence-corrected chi connectivity index (χ1v) is 11.7. The first-order valence-electron chi connectivity index (χ1n) is 9.80. The predicted octanol–water partition coefficient (Wildman–Crippen LogP) is 2.71. The standard InChI is InChI=1S/C20H32N2O3S/c1-15-6-3-4-7-18(15)16-9-11-17(12-10-16)25-14-20-19(8-5-13-21-20)22-26(2,23)24/h3-4,6-7,16-17,19-22H,5,8-14H2,1-2H3/t16-,17+,19-,20-/m0/s1. The van der Waals surface area contributed by atoms with E-state index in [1.165, 1.54) is 30.2 Å². The molecule has 2 atom stereocenters. The summed E-state index contributed by atoms with van der Waals surface area (Å²) in [5.41, 5.74) is 2.87. The Bertz CT molecular complexity index is 684. The number of benzene rings is 1. The minimum Gasteiger partial charge on any atom is -0.377 e. The fourth-order valence-corrected chi connectivity index (χ4v) is 5.20. The summed E-state index contributed by atoms with van der Waals surface area (Å²) in [6, 6.07) is 8.69. The van der Waals surface area contributed by atoms with E-state index in [1.807, 2.05) is 0 Å². The summed E-state index contributed by atoms with van der Waals surface area (Å²) < 4.78 is 32.1. The van der Waals surface area contributed by atoms with Gasteiger partial charge in [0.05, 0.1) is 19.0 Å². The van der Waals surface area contributed by atoms with Crippen LogP contribution >= 0.6 is 0 Å². The Labute approximate surface area is 158 Å². The molecule has 0 spiro atoms. The van der Waals surface area contributed by atoms with Crippen molar-refractivity contribution in [2.24, 2.45) is 0 Å². The fourth-order valence-electron chi connectivity index (χ4n) is 4.37. The molecular weight excluding hydrogens is 348 g/mol. The van der Waals surface area contributed by atoms with Gasteiger partial charge in [-0.1, -0.05) is 24.3 Å². The van der Waals surface area contributed by atoms with E-state index in [2.05, 4.69) is 41.2 Å². The molecule has 0 aromatic heterocycles. The lowest BCUT2D eigenvalue weighted by molar-refractivity contribution is 0.00521. The van der Waals surface area contributed by atoms with Crippen LogP contribution in [0.1, 0.15) is 55.6 Å². The molecule has 1 saturated heterocycles. The molecule has 0 unspecified atom stereocenters. The number of ether oxygens (including phenoxy) is 1. The molecule has 1 heterocycles. The third-order valence-electron chi connectivity index (χ3n) is 5.76. The predicted molar refractivity (Wildman–Crippen MR) is 105 cm³/mol. The molecule has 0 amide bonds. The second-order valence-corrected chi connectivity index (χ2v) is 9.64. The largest absolute Gasteiger partial charge is 0.377 e. The number of hydrogen-bond donors (Lipinski definition) is 2. The van der Waals surface area contributed by atoms with Crippen LogP contribution in [0.25, 0.3) is 0 Å². The lowest BCUT2D eigenvalue weighted by atomic mass is 9.81. The SMILES string of the molecule is Cc1ccccc1[C@H]1CC[C@@H](OC[C@@H]2NCCC[C@@H]2NS(C)(=O)=O)CC1. The van der Waals surface area contributed by atoms with E-state index in [0.717, 1.165) is 32.2 Å². The van der Waals surface area contributed by atoms with Crippen LogP contribution in [0.3, 0.4) is 0 Å². The van der Waals surface area contributed by atoms with Crippen molar-refractivity contribution in [3.05, 3.63) is 35.4 Å². The molecule has 0 bridgehead atoms. The molecule has 1 saturated carbocycles. The maximum absolute atomic E-state index is 11.6. The highest BCUT2D eigenvalue weighted by atomic mass is 32.2. The number of nitrogens with one attached hydrogen (secondary N) is 2. The molecule has 26 heavy (non-hydrogen) atoms. The van der Waals surface area contributed by atoms with Gasteiger partial charge in [0.2, 0.25) is 10.0 Å². The van der Waals surface area contributed by atoms with Crippen molar-refractivity contribution in [2.75, 3.05) is 19.4 Å². The molecule has 3 rings (SSSR count). The average Bonchev–Trinajstić information content (AvgIpc) is 2.61. The van der Waals surface area contributed by atoms with Crippen LogP contribution in [-0.2, 0) is 14.8 Å². The van der Waals surface area contributed by atoms with Gasteiger partial charge in [0.1, 0.15) is 0 Å². The third kappa shape index (κ3) is 5.52. The Balaban J connectivity index is 1.48. The monoisotopic (exact) mass is 380 g/mol. The van der Waals surface area contributed by atoms with Crippen molar-refractivity contribution in [1.82, 2.24) is 10.0 Å². The molecule has 1 aromatic carbocycles. The van der Waals surface area contributed by atoms with E-state index in [4.69, 9.17) is 4.74 Å². The van der Waals surface area contributed by atoms with Crippen molar-refractivity contribution in [1.29, 1.82) is 0 Å². The molecule has 5 nitrogen and oxygen atoms in total. The zero-order valence-corrected chi connectivity index (χ0v) is 16.7. The van der Waals surface area contributed by atoms with Gasteiger partial charge in [0.15, 0.2) is 0 Å². The van der Waals surface area contributed by atoms with E-state index in [-0.39, 0.29) is 18.2 Å². The number of piperidine rings is 1. The van der Waals surface area contributed by atoms with E-state index in [9.17, 15) is 8.42 Å². The van der Waals surface area contributed by atoms with Crippen LogP contribution < -0.4 is 10.0 Å². The number of aryl methyl sites for hydroxylation is 1. The molecular formula is C20H32N2O3S. The van der Waals surface area contributed by atoms with Crippen LogP contribution in [0.15, 0.2) is 24.3 Å². The first-order chi connectivity index (χ1) is 12.4. The van der Waals surface area contributed by atoms with Gasteiger partial charge in [-0.2, -0.15) is 0 Å². The molecule has 2 aliphatic rings. The maximum Gasteiger partial charge on any atom is 0.209 e. The molecule has 1 aliphatic heterocycles. The maximum atomic E-state index is 11.6. The highest BCUT2D eigenvalue weighted by Gasteiger charge is 2.29. The summed E-state index contributed by atoms with van der Waals surface area (Å²) in [5, 5.41) is 3.42. The van der Waals surface area contributed by atoms with Crippen molar-refractivity contribution >= 4 is 10.0 Å². The van der Waals surface area contributed by atoms with Gasteiger partial charge in [-0.3, -0.25) is 0 Å². The second kappa shape index (κ2) is 8.83. The van der Waals surface area contributed by atoms with Gasteiger partial charge < -0.3 is 10.1 Å². The van der Waals surface area contributed by atoms with Crippen LogP contribution in [0.5, 0.6) is 0 Å². The minimum absolute atomic E-state index is 0.0626. The van der Waals surface area contributed by atoms with E-state index in [1.54, 1.807) is 0 Å². The average molecular weight is 381 g/mol. The van der Waals surface area contributed by atoms with Gasteiger partial charge in [-0.25, -0.2) is 13.1 Å². The first kappa shape index (κ1) is 19.8. The molecule has 146 valence electrons. The third-order valence-corrected chi connectivity index (χ3v) is 6.49. The Morgan fingerprint density at radius 2 is 1.88 bits per heavy atom. The van der Waals surface area contributed by atoms with Gasteiger partial charge in [0, 0.05) is 12.1 Å². The molecule has 2 N–H and O–H groups in total. The summed E-state index contributed by atoms with van der Waals surface area (Å²) in [4.78, 5) is 0. The van der Waals surface area contributed by atoms with E-state index >= 15 is 0 Å². The van der Waals surface area contributed by atoms with Gasteiger partial charge in [0.25, 0.3) is 0 Å². The number of hydrogen-bond acceptors (Lipinski definition) is 4. The Hall–Kier alpha value is -0.950. The summed E-state index contributed by atoms with van der Waals surface area (Å²) in [6.07, 6.45) is 7.87. The quantitative estimate of drug-likeness (QED) is 0.796. The Morgan fingerprint density at radius 3 is 2.58 bits per heavy atom. The lowest BCUT2D eigenvalue weighted by Gasteiger charge is -2.35. The topological polar surface area (TPSA) is 67.4 Å². The van der Waals surface area contributed by atoms with Crippen molar-refractivity contribution in [3.63, 3.8) is 0 Å². The Morgan fingerprint density at radius 1 is 1.15 bits per heavy atom. The molecule has 1 aromatic rings. The number of sulfonamides is 1. The second-order valence-electron chi connectivity index (χ2n) is 7.86. The zero-order valence-electron chi connectivity index (χ0n) is 15.9. The molecule has 1 aliphatic carbocycles. The molecule has 6 heteroatoms. The summed E-state index contributed by atoms with van der Waals surface area (Å²) in [7, 11) is -3.19.